The molecule has 1 N–H and O–H groups in total. The zero-order valence-electron chi connectivity index (χ0n) is 16.8. The number of hydrogen-bond donors (Lipinski definition) is 1. The van der Waals surface area contributed by atoms with E-state index in [9.17, 15) is 19.5 Å². The lowest BCUT2D eigenvalue weighted by atomic mass is 9.95. The number of thiophene rings is 1. The SMILES string of the molecule is CN(C(=O)c1sc2cc(C(=O)O)ccc2c1Cl)c1ccc2c(c1)C(=O)C1=CCC=CC1S2. The van der Waals surface area contributed by atoms with Crippen LogP contribution < -0.4 is 4.90 Å². The summed E-state index contributed by atoms with van der Waals surface area (Å²) in [6, 6.07) is 10.1. The van der Waals surface area contributed by atoms with Gasteiger partial charge >= 0.3 is 5.97 Å². The maximum absolute atomic E-state index is 13.3. The van der Waals surface area contributed by atoms with Crippen LogP contribution in [0.3, 0.4) is 0 Å². The summed E-state index contributed by atoms with van der Waals surface area (Å²) in [5.41, 5.74) is 2.11. The summed E-state index contributed by atoms with van der Waals surface area (Å²) in [6.45, 7) is 0. The topological polar surface area (TPSA) is 74.7 Å². The molecule has 3 aromatic rings. The lowest BCUT2D eigenvalue weighted by molar-refractivity contribution is 0.0696. The highest BCUT2D eigenvalue weighted by atomic mass is 35.5. The van der Waals surface area contributed by atoms with E-state index in [4.69, 9.17) is 11.6 Å². The van der Waals surface area contributed by atoms with Gasteiger partial charge in [0.2, 0.25) is 0 Å². The normalized spacial score (nSPS) is 17.0. The van der Waals surface area contributed by atoms with E-state index < -0.39 is 5.97 Å². The van der Waals surface area contributed by atoms with E-state index in [2.05, 4.69) is 12.2 Å². The molecule has 1 atom stereocenters. The van der Waals surface area contributed by atoms with Crippen LogP contribution in [0.25, 0.3) is 10.1 Å². The van der Waals surface area contributed by atoms with E-state index in [0.717, 1.165) is 28.2 Å². The van der Waals surface area contributed by atoms with Gasteiger partial charge in [0.05, 0.1) is 15.8 Å². The van der Waals surface area contributed by atoms with Gasteiger partial charge in [-0.3, -0.25) is 9.59 Å². The minimum Gasteiger partial charge on any atom is -0.478 e. The molecule has 0 spiro atoms. The second-order valence-electron chi connectivity index (χ2n) is 7.50. The van der Waals surface area contributed by atoms with Crippen LogP contribution in [0.1, 0.15) is 36.8 Å². The highest BCUT2D eigenvalue weighted by Crippen LogP contribution is 2.42. The number of thioether (sulfide) groups is 1. The van der Waals surface area contributed by atoms with Crippen molar-refractivity contribution in [3.05, 3.63) is 81.2 Å². The van der Waals surface area contributed by atoms with Crippen LogP contribution in [0.4, 0.5) is 5.69 Å². The number of ketones is 1. The number of carboxylic acids is 1. The van der Waals surface area contributed by atoms with E-state index in [1.807, 2.05) is 18.2 Å². The van der Waals surface area contributed by atoms with Crippen LogP contribution in [-0.2, 0) is 0 Å². The van der Waals surface area contributed by atoms with E-state index in [-0.39, 0.29) is 22.5 Å². The highest BCUT2D eigenvalue weighted by molar-refractivity contribution is 8.00. The molecule has 32 heavy (non-hydrogen) atoms. The molecule has 0 radical (unpaired) electrons. The fourth-order valence-corrected chi connectivity index (χ4v) is 6.59. The molecule has 0 fully saturated rings. The van der Waals surface area contributed by atoms with Crippen molar-refractivity contribution in [2.75, 3.05) is 11.9 Å². The summed E-state index contributed by atoms with van der Waals surface area (Å²) < 4.78 is 0.631. The Morgan fingerprint density at radius 1 is 1.19 bits per heavy atom. The molecule has 1 aromatic heterocycles. The summed E-state index contributed by atoms with van der Waals surface area (Å²) in [5.74, 6) is -1.36. The molecular weight excluding hydrogens is 466 g/mol. The van der Waals surface area contributed by atoms with Crippen LogP contribution in [0, 0.1) is 0 Å². The van der Waals surface area contributed by atoms with Gasteiger partial charge in [-0.1, -0.05) is 35.9 Å². The molecule has 8 heteroatoms. The third-order valence-corrected chi connectivity index (χ3v) is 8.50. The third kappa shape index (κ3) is 3.37. The average molecular weight is 482 g/mol. The van der Waals surface area contributed by atoms with E-state index in [1.165, 1.54) is 17.0 Å². The minimum absolute atomic E-state index is 0.00288. The van der Waals surface area contributed by atoms with Crippen molar-refractivity contribution in [2.24, 2.45) is 0 Å². The number of hydrogen-bond acceptors (Lipinski definition) is 5. The van der Waals surface area contributed by atoms with Gasteiger partial charge in [-0.05, 0) is 36.8 Å². The second-order valence-corrected chi connectivity index (χ2v) is 10.1. The van der Waals surface area contributed by atoms with E-state index in [0.29, 0.717) is 31.2 Å². The lowest BCUT2D eigenvalue weighted by Crippen LogP contribution is -2.27. The lowest BCUT2D eigenvalue weighted by Gasteiger charge is -2.27. The van der Waals surface area contributed by atoms with Crippen molar-refractivity contribution in [1.82, 2.24) is 0 Å². The number of rotatable bonds is 3. The van der Waals surface area contributed by atoms with E-state index >= 15 is 0 Å². The van der Waals surface area contributed by atoms with Gasteiger partial charge in [0.15, 0.2) is 5.78 Å². The Bertz CT molecular complexity index is 1390. The number of carbonyl (C=O) groups excluding carboxylic acids is 2. The number of aromatic carboxylic acids is 1. The smallest absolute Gasteiger partial charge is 0.335 e. The largest absolute Gasteiger partial charge is 0.478 e. The summed E-state index contributed by atoms with van der Waals surface area (Å²) in [7, 11) is 1.64. The molecule has 2 heterocycles. The predicted octanol–water partition coefficient (Wildman–Crippen LogP) is 6.07. The molecule has 2 aliphatic rings. The fourth-order valence-electron chi connectivity index (χ4n) is 3.85. The van der Waals surface area contributed by atoms with Crippen molar-refractivity contribution in [3.8, 4) is 0 Å². The van der Waals surface area contributed by atoms with Crippen LogP contribution in [-0.4, -0.2) is 35.1 Å². The van der Waals surface area contributed by atoms with Gasteiger partial charge in [0.1, 0.15) is 4.88 Å². The third-order valence-electron chi connectivity index (χ3n) is 5.58. The number of halogens is 1. The Kier molecular flexibility index (Phi) is 5.20. The number of fused-ring (bicyclic) bond motifs is 3. The maximum Gasteiger partial charge on any atom is 0.335 e. The van der Waals surface area contributed by atoms with Gasteiger partial charge in [-0.2, -0.15) is 0 Å². The average Bonchev–Trinajstić information content (AvgIpc) is 3.14. The fraction of sp³-hybridized carbons (Fsp3) is 0.125. The predicted molar refractivity (Wildman–Crippen MR) is 129 cm³/mol. The first-order chi connectivity index (χ1) is 15.3. The Balaban J connectivity index is 1.49. The number of allylic oxidation sites excluding steroid dienone is 2. The number of amides is 1. The van der Waals surface area contributed by atoms with Crippen LogP contribution in [0.5, 0.6) is 0 Å². The molecular formula is C24H16ClNO4S2. The van der Waals surface area contributed by atoms with Crippen molar-refractivity contribution in [1.29, 1.82) is 0 Å². The molecule has 0 saturated carbocycles. The molecule has 1 aliphatic carbocycles. The first-order valence-electron chi connectivity index (χ1n) is 9.80. The summed E-state index contributed by atoms with van der Waals surface area (Å²) >= 11 is 9.26. The first-order valence-corrected chi connectivity index (χ1v) is 11.9. The van der Waals surface area contributed by atoms with Crippen molar-refractivity contribution < 1.29 is 19.5 Å². The monoisotopic (exact) mass is 481 g/mol. The van der Waals surface area contributed by atoms with Crippen molar-refractivity contribution in [3.63, 3.8) is 0 Å². The van der Waals surface area contributed by atoms with Gasteiger partial charge in [-0.25, -0.2) is 4.79 Å². The first kappa shape index (κ1) is 21.0. The molecule has 5 rings (SSSR count). The Hall–Kier alpha value is -2.87. The molecule has 5 nitrogen and oxygen atoms in total. The quantitative estimate of drug-likeness (QED) is 0.459. The van der Waals surface area contributed by atoms with Gasteiger partial charge < -0.3 is 10.0 Å². The highest BCUT2D eigenvalue weighted by Gasteiger charge is 2.31. The summed E-state index contributed by atoms with van der Waals surface area (Å²) in [5, 5.41) is 10.2. The summed E-state index contributed by atoms with van der Waals surface area (Å²) in [6.07, 6.45) is 6.84. The standard InChI is InChI=1S/C24H16ClNO4S2/c1-26(23(28)22-20(25)14-8-6-12(24(29)30)10-19(14)32-22)13-7-9-18-16(11-13)21(27)15-4-2-3-5-17(15)31-18/h3-11,17H,2H2,1H3,(H,29,30). The molecule has 2 aromatic carbocycles. The second kappa shape index (κ2) is 7.92. The number of carboxylic acid groups (broad SMARTS) is 1. The Labute approximate surface area is 197 Å². The van der Waals surface area contributed by atoms with E-state index in [1.54, 1.807) is 30.9 Å². The molecule has 1 amide bonds. The zero-order chi connectivity index (χ0) is 22.6. The number of Topliss-reactive ketones (excluding diaryl/α,β-unsaturated/α-hetero) is 1. The number of anilines is 1. The minimum atomic E-state index is -1.04. The maximum atomic E-state index is 13.3. The molecule has 0 saturated heterocycles. The number of carbonyl (C=O) groups is 3. The zero-order valence-corrected chi connectivity index (χ0v) is 19.2. The van der Waals surface area contributed by atoms with Crippen LogP contribution in [0.2, 0.25) is 5.02 Å². The van der Waals surface area contributed by atoms with Gasteiger partial charge in [-0.15, -0.1) is 23.1 Å². The number of benzene rings is 2. The van der Waals surface area contributed by atoms with Crippen LogP contribution >= 0.6 is 34.7 Å². The molecule has 160 valence electrons. The summed E-state index contributed by atoms with van der Waals surface area (Å²) in [4.78, 5) is 40.2. The van der Waals surface area contributed by atoms with Crippen LogP contribution in [0.15, 0.2) is 65.1 Å². The van der Waals surface area contributed by atoms with Crippen molar-refractivity contribution >= 4 is 68.1 Å². The molecule has 1 unspecified atom stereocenters. The molecule has 0 bridgehead atoms. The molecule has 1 aliphatic heterocycles. The van der Waals surface area contributed by atoms with Gasteiger partial charge in [0.25, 0.3) is 5.91 Å². The Morgan fingerprint density at radius 3 is 2.78 bits per heavy atom. The number of nitrogens with zero attached hydrogens (tertiary/aromatic N) is 1. The van der Waals surface area contributed by atoms with Crippen molar-refractivity contribution in [2.45, 2.75) is 16.6 Å². The van der Waals surface area contributed by atoms with Gasteiger partial charge in [0, 0.05) is 38.9 Å². The Morgan fingerprint density at radius 2 is 2.00 bits per heavy atom.